The molecule has 2 aliphatic heterocycles. The number of amides is 3. The predicted molar refractivity (Wildman–Crippen MR) is 126 cm³/mol. The zero-order valence-electron chi connectivity index (χ0n) is 18.8. The van der Waals surface area contributed by atoms with Crippen LogP contribution in [0.15, 0.2) is 66.7 Å². The maximum absolute atomic E-state index is 12.8. The van der Waals surface area contributed by atoms with Crippen molar-refractivity contribution in [3.63, 3.8) is 0 Å². The van der Waals surface area contributed by atoms with Crippen molar-refractivity contribution in [3.05, 3.63) is 89.0 Å². The summed E-state index contributed by atoms with van der Waals surface area (Å²) >= 11 is 0. The van der Waals surface area contributed by atoms with Gasteiger partial charge in [0.1, 0.15) is 5.75 Å². The zero-order chi connectivity index (χ0) is 24.0. The highest BCUT2D eigenvalue weighted by Gasteiger charge is 2.38. The predicted octanol–water partition coefficient (Wildman–Crippen LogP) is 4.06. The van der Waals surface area contributed by atoms with Gasteiger partial charge in [0.25, 0.3) is 11.8 Å². The Bertz CT molecular complexity index is 1310. The lowest BCUT2D eigenvalue weighted by atomic mass is 10.1. The maximum Gasteiger partial charge on any atom is 0.316 e. The Morgan fingerprint density at radius 1 is 0.882 bits per heavy atom. The van der Waals surface area contributed by atoms with Crippen molar-refractivity contribution in [3.8, 4) is 5.75 Å². The number of aryl methyl sites for hydroxylation is 2. The van der Waals surface area contributed by atoms with Crippen LogP contribution in [0, 0.1) is 19.8 Å². The SMILES string of the molecule is Cc1ccc(N2C[C@H](C(=O)Oc3ccc(N4C(=O)c5ccccc5C4=O)cc3)CC2=O)c(C)c1. The number of imide groups is 1. The molecule has 7 heteroatoms. The van der Waals surface area contributed by atoms with Crippen molar-refractivity contribution in [1.82, 2.24) is 0 Å². The van der Waals surface area contributed by atoms with Gasteiger partial charge in [-0.2, -0.15) is 0 Å². The van der Waals surface area contributed by atoms with Crippen molar-refractivity contribution < 1.29 is 23.9 Å². The molecule has 34 heavy (non-hydrogen) atoms. The molecule has 1 atom stereocenters. The van der Waals surface area contributed by atoms with E-state index in [2.05, 4.69) is 0 Å². The van der Waals surface area contributed by atoms with E-state index in [-0.39, 0.29) is 36.4 Å². The molecule has 0 N–H and O–H groups in total. The summed E-state index contributed by atoms with van der Waals surface area (Å²) in [5.74, 6) is -1.68. The Hall–Kier alpha value is -4.26. The first-order valence-corrected chi connectivity index (χ1v) is 11.0. The first kappa shape index (κ1) is 21.6. The average Bonchev–Trinajstić information content (AvgIpc) is 3.32. The molecule has 0 radical (unpaired) electrons. The van der Waals surface area contributed by atoms with Gasteiger partial charge < -0.3 is 9.64 Å². The van der Waals surface area contributed by atoms with Gasteiger partial charge >= 0.3 is 5.97 Å². The number of carbonyl (C=O) groups excluding carboxylic acids is 4. The minimum Gasteiger partial charge on any atom is -0.426 e. The van der Waals surface area contributed by atoms with Crippen molar-refractivity contribution >= 4 is 35.1 Å². The molecule has 0 unspecified atom stereocenters. The molecule has 5 rings (SSSR count). The van der Waals surface area contributed by atoms with Crippen molar-refractivity contribution in [2.45, 2.75) is 20.3 Å². The Kier molecular flexibility index (Phi) is 5.24. The molecule has 3 aromatic rings. The highest BCUT2D eigenvalue weighted by atomic mass is 16.5. The molecule has 7 nitrogen and oxygen atoms in total. The average molecular weight is 454 g/mol. The molecule has 2 aliphatic rings. The summed E-state index contributed by atoms with van der Waals surface area (Å²) in [5.41, 5.74) is 4.00. The van der Waals surface area contributed by atoms with E-state index in [1.807, 2.05) is 32.0 Å². The number of anilines is 2. The van der Waals surface area contributed by atoms with E-state index in [9.17, 15) is 19.2 Å². The lowest BCUT2D eigenvalue weighted by Crippen LogP contribution is -2.29. The Morgan fingerprint density at radius 2 is 1.53 bits per heavy atom. The van der Waals surface area contributed by atoms with Gasteiger partial charge in [0.15, 0.2) is 0 Å². The second kappa shape index (κ2) is 8.26. The van der Waals surface area contributed by atoms with Crippen LogP contribution in [-0.2, 0) is 9.59 Å². The first-order valence-electron chi connectivity index (χ1n) is 11.0. The normalized spacial score (nSPS) is 17.4. The molecule has 2 heterocycles. The van der Waals surface area contributed by atoms with Crippen LogP contribution in [0.2, 0.25) is 0 Å². The third kappa shape index (κ3) is 3.65. The maximum atomic E-state index is 12.8. The van der Waals surface area contributed by atoms with Gasteiger partial charge in [0, 0.05) is 18.7 Å². The molecular formula is C27H22N2O5. The fourth-order valence-corrected chi connectivity index (χ4v) is 4.49. The van der Waals surface area contributed by atoms with Crippen LogP contribution in [0.1, 0.15) is 38.3 Å². The van der Waals surface area contributed by atoms with Crippen LogP contribution < -0.4 is 14.5 Å². The van der Waals surface area contributed by atoms with E-state index in [1.54, 1.807) is 41.3 Å². The fraction of sp³-hybridized carbons (Fsp3) is 0.185. The zero-order valence-corrected chi connectivity index (χ0v) is 18.8. The summed E-state index contributed by atoms with van der Waals surface area (Å²) in [6.45, 7) is 4.19. The summed E-state index contributed by atoms with van der Waals surface area (Å²) in [6, 6.07) is 18.7. The van der Waals surface area contributed by atoms with Crippen molar-refractivity contribution in [2.24, 2.45) is 5.92 Å². The second-order valence-corrected chi connectivity index (χ2v) is 8.60. The molecule has 0 aliphatic carbocycles. The lowest BCUT2D eigenvalue weighted by molar-refractivity contribution is -0.139. The molecule has 0 spiro atoms. The summed E-state index contributed by atoms with van der Waals surface area (Å²) in [5, 5.41) is 0. The minimum atomic E-state index is -0.580. The van der Waals surface area contributed by atoms with Crippen molar-refractivity contribution in [2.75, 3.05) is 16.3 Å². The van der Waals surface area contributed by atoms with Gasteiger partial charge in [-0.15, -0.1) is 0 Å². The number of benzene rings is 3. The molecule has 3 aromatic carbocycles. The Morgan fingerprint density at radius 3 is 2.15 bits per heavy atom. The summed E-state index contributed by atoms with van der Waals surface area (Å²) < 4.78 is 5.51. The lowest BCUT2D eigenvalue weighted by Gasteiger charge is -2.19. The minimum absolute atomic E-state index is 0.0826. The van der Waals surface area contributed by atoms with Gasteiger partial charge in [0.05, 0.1) is 22.7 Å². The highest BCUT2D eigenvalue weighted by molar-refractivity contribution is 6.34. The summed E-state index contributed by atoms with van der Waals surface area (Å²) in [7, 11) is 0. The number of rotatable bonds is 4. The van der Waals surface area contributed by atoms with E-state index in [4.69, 9.17) is 4.74 Å². The van der Waals surface area contributed by atoms with Crippen molar-refractivity contribution in [1.29, 1.82) is 0 Å². The van der Waals surface area contributed by atoms with Crippen LogP contribution in [0.5, 0.6) is 5.75 Å². The number of esters is 1. The molecule has 0 bridgehead atoms. The highest BCUT2D eigenvalue weighted by Crippen LogP contribution is 2.31. The van der Waals surface area contributed by atoms with Gasteiger partial charge in [-0.25, -0.2) is 4.90 Å². The monoisotopic (exact) mass is 454 g/mol. The number of ether oxygens (including phenoxy) is 1. The third-order valence-electron chi connectivity index (χ3n) is 6.21. The quantitative estimate of drug-likeness (QED) is 0.337. The van der Waals surface area contributed by atoms with E-state index in [0.29, 0.717) is 16.8 Å². The Labute approximate surface area is 196 Å². The van der Waals surface area contributed by atoms with Gasteiger partial charge in [-0.3, -0.25) is 19.2 Å². The van der Waals surface area contributed by atoms with E-state index < -0.39 is 11.9 Å². The third-order valence-corrected chi connectivity index (χ3v) is 6.21. The summed E-state index contributed by atoms with van der Waals surface area (Å²) in [6.07, 6.45) is 0.0826. The van der Waals surface area contributed by atoms with Crippen LogP contribution in [-0.4, -0.2) is 30.2 Å². The van der Waals surface area contributed by atoms with Crippen LogP contribution in [0.3, 0.4) is 0 Å². The van der Waals surface area contributed by atoms with E-state index in [0.717, 1.165) is 21.7 Å². The molecule has 0 saturated carbocycles. The van der Waals surface area contributed by atoms with Gasteiger partial charge in [0.2, 0.25) is 5.91 Å². The standard InChI is InChI=1S/C27H22N2O5/c1-16-7-12-23(17(2)13-16)28-15-18(14-24(28)30)27(33)34-20-10-8-19(9-11-20)29-25(31)21-5-3-4-6-22(21)26(29)32/h3-13,18H,14-15H2,1-2H3/t18-/m1/s1. The van der Waals surface area contributed by atoms with Crippen LogP contribution >= 0.6 is 0 Å². The number of carbonyl (C=O) groups is 4. The topological polar surface area (TPSA) is 84.0 Å². The van der Waals surface area contributed by atoms with Gasteiger partial charge in [-0.1, -0.05) is 29.8 Å². The number of fused-ring (bicyclic) bond motifs is 1. The molecule has 1 saturated heterocycles. The van der Waals surface area contributed by atoms with Crippen LogP contribution in [0.25, 0.3) is 0 Å². The smallest absolute Gasteiger partial charge is 0.316 e. The van der Waals surface area contributed by atoms with E-state index >= 15 is 0 Å². The molecule has 0 aromatic heterocycles. The van der Waals surface area contributed by atoms with Crippen LogP contribution in [0.4, 0.5) is 11.4 Å². The second-order valence-electron chi connectivity index (χ2n) is 8.60. The van der Waals surface area contributed by atoms with E-state index in [1.165, 1.54) is 12.1 Å². The van der Waals surface area contributed by atoms with Gasteiger partial charge in [-0.05, 0) is 61.9 Å². The largest absolute Gasteiger partial charge is 0.426 e. The molecule has 1 fully saturated rings. The first-order chi connectivity index (χ1) is 16.3. The number of nitrogens with zero attached hydrogens (tertiary/aromatic N) is 2. The molecular weight excluding hydrogens is 432 g/mol. The number of hydrogen-bond acceptors (Lipinski definition) is 5. The molecule has 170 valence electrons. The Balaban J connectivity index is 1.27. The number of hydrogen-bond donors (Lipinski definition) is 0. The fourth-order valence-electron chi connectivity index (χ4n) is 4.49. The molecule has 3 amide bonds. The summed E-state index contributed by atoms with van der Waals surface area (Å²) in [4.78, 5) is 53.4.